The first-order valence-electron chi connectivity index (χ1n) is 4.84. The van der Waals surface area contributed by atoms with Crippen molar-refractivity contribution < 1.29 is 19.5 Å². The molecule has 0 aliphatic carbocycles. The lowest BCUT2D eigenvalue weighted by atomic mass is 10.2. The molecule has 88 valence electrons. The number of nitrogens with zero attached hydrogens (tertiary/aromatic N) is 1. The number of carboxylic acid groups (broad SMARTS) is 1. The molecule has 0 saturated heterocycles. The third-order valence-corrected chi connectivity index (χ3v) is 1.77. The third-order valence-electron chi connectivity index (χ3n) is 1.77. The summed E-state index contributed by atoms with van der Waals surface area (Å²) in [4.78, 5) is 25.2. The van der Waals surface area contributed by atoms with Crippen molar-refractivity contribution in [2.75, 3.05) is 6.61 Å². The Balaban J connectivity index is 2.41. The maximum atomic E-state index is 10.4. The van der Waals surface area contributed by atoms with Crippen molar-refractivity contribution in [3.63, 3.8) is 0 Å². The van der Waals surface area contributed by atoms with E-state index in [0.717, 1.165) is 5.56 Å². The monoisotopic (exact) mass is 233 g/mol. The van der Waals surface area contributed by atoms with Gasteiger partial charge in [0.1, 0.15) is 6.61 Å². The number of hydrogen-bond acceptors (Lipinski definition) is 4. The van der Waals surface area contributed by atoms with E-state index in [0.29, 0.717) is 0 Å². The van der Waals surface area contributed by atoms with Crippen LogP contribution in [0, 0.1) is 0 Å². The minimum atomic E-state index is -1.41. The van der Waals surface area contributed by atoms with Crippen molar-refractivity contribution in [2.45, 2.75) is 0 Å². The average molecular weight is 233 g/mol. The zero-order valence-electron chi connectivity index (χ0n) is 8.95. The van der Waals surface area contributed by atoms with Crippen molar-refractivity contribution in [2.24, 2.45) is 5.16 Å². The average Bonchev–Trinajstić information content (AvgIpc) is 2.34. The number of carbonyl (C=O) groups is 2. The van der Waals surface area contributed by atoms with Crippen LogP contribution in [0.1, 0.15) is 5.56 Å². The molecule has 0 heterocycles. The highest BCUT2D eigenvalue weighted by molar-refractivity contribution is 6.57. The van der Waals surface area contributed by atoms with E-state index in [2.05, 4.69) is 9.99 Å². The predicted molar refractivity (Wildman–Crippen MR) is 62.6 cm³/mol. The quantitative estimate of drug-likeness (QED) is 0.264. The van der Waals surface area contributed by atoms with Crippen LogP contribution in [0.15, 0.2) is 41.6 Å². The molecule has 0 radical (unpaired) electrons. The molecule has 0 spiro atoms. The Labute approximate surface area is 98.0 Å². The molecular weight excluding hydrogens is 222 g/mol. The second-order valence-corrected chi connectivity index (χ2v) is 3.01. The molecule has 0 unspecified atom stereocenters. The lowest BCUT2D eigenvalue weighted by molar-refractivity contribution is -0.130. The van der Waals surface area contributed by atoms with E-state index in [-0.39, 0.29) is 12.9 Å². The van der Waals surface area contributed by atoms with Crippen LogP contribution in [0.3, 0.4) is 0 Å². The van der Waals surface area contributed by atoms with Gasteiger partial charge in [-0.25, -0.2) is 4.79 Å². The number of aldehydes is 1. The van der Waals surface area contributed by atoms with Crippen LogP contribution < -0.4 is 0 Å². The maximum Gasteiger partial charge on any atom is 0.361 e. The summed E-state index contributed by atoms with van der Waals surface area (Å²) in [7, 11) is 0. The second-order valence-electron chi connectivity index (χ2n) is 3.01. The maximum absolute atomic E-state index is 10.4. The van der Waals surface area contributed by atoms with Crippen molar-refractivity contribution in [1.82, 2.24) is 0 Å². The fraction of sp³-hybridized carbons (Fsp3) is 0.0833. The molecule has 5 nitrogen and oxygen atoms in total. The minimum Gasteiger partial charge on any atom is -0.476 e. The van der Waals surface area contributed by atoms with Gasteiger partial charge in [0.25, 0.3) is 0 Å². The summed E-state index contributed by atoms with van der Waals surface area (Å²) < 4.78 is 0. The van der Waals surface area contributed by atoms with Crippen molar-refractivity contribution in [1.29, 1.82) is 0 Å². The number of aliphatic carboxylic acids is 1. The zero-order chi connectivity index (χ0) is 12.5. The first kappa shape index (κ1) is 12.6. The number of carbonyl (C=O) groups excluding carboxylic acids is 1. The summed E-state index contributed by atoms with van der Waals surface area (Å²) in [5.41, 5.74) is 0.340. The van der Waals surface area contributed by atoms with Gasteiger partial charge in [-0.1, -0.05) is 41.6 Å². The van der Waals surface area contributed by atoms with Gasteiger partial charge in [0, 0.05) is 0 Å². The molecule has 0 aromatic heterocycles. The number of benzene rings is 1. The summed E-state index contributed by atoms with van der Waals surface area (Å²) in [5, 5.41) is 11.6. The van der Waals surface area contributed by atoms with Gasteiger partial charge >= 0.3 is 5.97 Å². The Hall–Kier alpha value is -2.43. The minimum absolute atomic E-state index is 0.0967. The van der Waals surface area contributed by atoms with Crippen molar-refractivity contribution in [3.05, 3.63) is 42.0 Å². The molecule has 17 heavy (non-hydrogen) atoms. The van der Waals surface area contributed by atoms with Crippen molar-refractivity contribution >= 4 is 24.0 Å². The van der Waals surface area contributed by atoms with Gasteiger partial charge in [0.2, 0.25) is 5.71 Å². The van der Waals surface area contributed by atoms with Gasteiger partial charge < -0.3 is 9.94 Å². The molecular formula is C12H11NO4. The summed E-state index contributed by atoms with van der Waals surface area (Å²) in [5.74, 6) is -1.41. The molecule has 1 N–H and O–H groups in total. The fourth-order valence-electron chi connectivity index (χ4n) is 1.01. The Morgan fingerprint density at radius 3 is 2.65 bits per heavy atom. The normalized spacial score (nSPS) is 11.4. The van der Waals surface area contributed by atoms with E-state index >= 15 is 0 Å². The second kappa shape index (κ2) is 6.95. The fourth-order valence-corrected chi connectivity index (χ4v) is 1.01. The summed E-state index contributed by atoms with van der Waals surface area (Å²) in [6.07, 6.45) is 3.60. The van der Waals surface area contributed by atoms with E-state index < -0.39 is 11.7 Å². The topological polar surface area (TPSA) is 76.0 Å². The van der Waals surface area contributed by atoms with Crippen LogP contribution >= 0.6 is 0 Å². The van der Waals surface area contributed by atoms with Gasteiger partial charge in [-0.15, -0.1) is 0 Å². The molecule has 1 aromatic carbocycles. The standard InChI is InChI=1S/C12H11NO4/c14-9-11(12(15)16)13-17-8-4-7-10-5-2-1-3-6-10/h1-7,9H,8H2,(H,15,16). The van der Waals surface area contributed by atoms with Crippen molar-refractivity contribution in [3.8, 4) is 0 Å². The zero-order valence-corrected chi connectivity index (χ0v) is 8.95. The molecule has 0 atom stereocenters. The molecule has 1 rings (SSSR count). The highest BCUT2D eigenvalue weighted by Gasteiger charge is 2.07. The number of oxime groups is 1. The van der Waals surface area contributed by atoms with Crippen LogP contribution in [0.4, 0.5) is 0 Å². The van der Waals surface area contributed by atoms with Crippen LogP contribution in [-0.2, 0) is 14.4 Å². The first-order valence-corrected chi connectivity index (χ1v) is 4.84. The van der Waals surface area contributed by atoms with Gasteiger partial charge in [0.05, 0.1) is 0 Å². The summed E-state index contributed by atoms with van der Waals surface area (Å²) in [6, 6.07) is 9.52. The lowest BCUT2D eigenvalue weighted by Crippen LogP contribution is -2.14. The lowest BCUT2D eigenvalue weighted by Gasteiger charge is -1.94. The molecule has 1 aromatic rings. The molecule has 0 saturated carbocycles. The van der Waals surface area contributed by atoms with E-state index in [4.69, 9.17) is 5.11 Å². The smallest absolute Gasteiger partial charge is 0.361 e. The van der Waals surface area contributed by atoms with Crippen LogP contribution in [0.2, 0.25) is 0 Å². The van der Waals surface area contributed by atoms with Crippen LogP contribution in [0.25, 0.3) is 6.08 Å². The SMILES string of the molecule is O=CC(=NOCC=Cc1ccccc1)C(=O)O. The molecule has 5 heteroatoms. The van der Waals surface area contributed by atoms with Gasteiger partial charge in [-0.3, -0.25) is 4.79 Å². The Bertz CT molecular complexity index is 437. The van der Waals surface area contributed by atoms with Gasteiger partial charge in [-0.2, -0.15) is 0 Å². The van der Waals surface area contributed by atoms with E-state index in [1.54, 1.807) is 12.2 Å². The van der Waals surface area contributed by atoms with E-state index in [1.807, 2.05) is 30.3 Å². The largest absolute Gasteiger partial charge is 0.476 e. The Morgan fingerprint density at radius 2 is 2.06 bits per heavy atom. The third kappa shape index (κ3) is 4.74. The number of rotatable bonds is 6. The van der Waals surface area contributed by atoms with E-state index in [1.165, 1.54) is 0 Å². The number of hydrogen-bond donors (Lipinski definition) is 1. The number of carboxylic acids is 1. The molecule has 0 aliphatic heterocycles. The van der Waals surface area contributed by atoms with E-state index in [9.17, 15) is 9.59 Å². The predicted octanol–water partition coefficient (Wildman–Crippen LogP) is 1.36. The first-order chi connectivity index (χ1) is 8.24. The molecule has 0 aliphatic rings. The van der Waals surface area contributed by atoms with Gasteiger partial charge in [-0.05, 0) is 11.6 Å². The highest BCUT2D eigenvalue weighted by Crippen LogP contribution is 2.00. The summed E-state index contributed by atoms with van der Waals surface area (Å²) in [6.45, 7) is 0.0967. The Morgan fingerprint density at radius 1 is 1.35 bits per heavy atom. The molecule has 0 fully saturated rings. The highest BCUT2D eigenvalue weighted by atomic mass is 16.6. The van der Waals surface area contributed by atoms with Gasteiger partial charge in [0.15, 0.2) is 6.29 Å². The Kier molecular flexibility index (Phi) is 5.16. The molecule has 0 bridgehead atoms. The van der Waals surface area contributed by atoms with Crippen LogP contribution in [-0.4, -0.2) is 29.7 Å². The molecule has 0 amide bonds. The van der Waals surface area contributed by atoms with Crippen LogP contribution in [0.5, 0.6) is 0 Å². The summed E-state index contributed by atoms with van der Waals surface area (Å²) >= 11 is 0.